The minimum absolute atomic E-state index is 0.228. The number of aryl methyl sites for hydroxylation is 1. The Balaban J connectivity index is 0.000000434. The number of rotatable bonds is 15. The third-order valence-corrected chi connectivity index (χ3v) is 9.71. The zero-order valence-electron chi connectivity index (χ0n) is 30.8. The normalized spacial score (nSPS) is 12.6. The second-order valence-corrected chi connectivity index (χ2v) is 16.6. The zero-order valence-corrected chi connectivity index (χ0v) is 33.5. The van der Waals surface area contributed by atoms with Crippen molar-refractivity contribution in [3.63, 3.8) is 0 Å². The molecule has 0 amide bonds. The van der Waals surface area contributed by atoms with Gasteiger partial charge < -0.3 is 49.0 Å². The van der Waals surface area contributed by atoms with Crippen LogP contribution in [0.5, 0.6) is 11.5 Å². The second-order valence-electron chi connectivity index (χ2n) is 13.8. The first kappa shape index (κ1) is 47.2. The quantitative estimate of drug-likeness (QED) is 0.0572. The molecule has 0 aromatic heterocycles. The van der Waals surface area contributed by atoms with Gasteiger partial charge in [-0.25, -0.2) is 4.31 Å². The summed E-state index contributed by atoms with van der Waals surface area (Å²) in [5.74, 6) is 1.51. The smallest absolute Gasteiger partial charge is 0.418 e. The van der Waals surface area contributed by atoms with Gasteiger partial charge in [-0.1, -0.05) is 109 Å². The Morgan fingerprint density at radius 3 is 1.35 bits per heavy atom. The highest BCUT2D eigenvalue weighted by Gasteiger charge is 2.42. The summed E-state index contributed by atoms with van der Waals surface area (Å²) in [7, 11) is -6.65. The van der Waals surface area contributed by atoms with Gasteiger partial charge in [0.05, 0.1) is 37.9 Å². The van der Waals surface area contributed by atoms with Crippen LogP contribution in [0.2, 0.25) is 0 Å². The lowest BCUT2D eigenvalue weighted by Crippen LogP contribution is -2.42. The Bertz CT molecular complexity index is 1270. The summed E-state index contributed by atoms with van der Waals surface area (Å²) in [6, 6.07) is 23.3. The second kappa shape index (κ2) is 23.0. The summed E-state index contributed by atoms with van der Waals surface area (Å²) in [4.78, 5) is 31.3. The van der Waals surface area contributed by atoms with E-state index in [0.29, 0.717) is 12.2 Å². The fourth-order valence-electron chi connectivity index (χ4n) is 4.60. The van der Waals surface area contributed by atoms with Crippen LogP contribution in [0.25, 0.3) is 0 Å². The van der Waals surface area contributed by atoms with Crippen molar-refractivity contribution >= 4 is 25.8 Å². The minimum Gasteiger partial charge on any atom is -0.418 e. The third kappa shape index (κ3) is 16.8. The largest absolute Gasteiger partial charge is 0.463 e. The van der Waals surface area contributed by atoms with E-state index in [0.717, 1.165) is 41.0 Å². The van der Waals surface area contributed by atoms with Gasteiger partial charge in [0.15, 0.2) is 0 Å². The van der Waals surface area contributed by atoms with Crippen LogP contribution in [-0.4, -0.2) is 66.4 Å². The van der Waals surface area contributed by atoms with Crippen molar-refractivity contribution in [3.05, 3.63) is 95.1 Å². The predicted molar refractivity (Wildman–Crippen MR) is 203 cm³/mol. The van der Waals surface area contributed by atoms with E-state index in [2.05, 4.69) is 52.8 Å². The van der Waals surface area contributed by atoms with E-state index >= 15 is 0 Å². The number of hydrogen-bond acceptors (Lipinski definition) is 12. The maximum atomic E-state index is 11.1. The lowest BCUT2D eigenvalue weighted by molar-refractivity contribution is -0.0862. The molecule has 0 aliphatic heterocycles. The maximum absolute atomic E-state index is 11.1. The molecule has 0 aliphatic carbocycles. The highest BCUT2D eigenvalue weighted by atomic mass is 31.2. The summed E-state index contributed by atoms with van der Waals surface area (Å²) in [6.07, 6.45) is 0.913. The molecular weight excluding hydrogens is 717 g/mol. The monoisotopic (exact) mass is 774 g/mol. The van der Waals surface area contributed by atoms with Crippen LogP contribution in [0.1, 0.15) is 89.7 Å². The summed E-state index contributed by atoms with van der Waals surface area (Å²) in [6.45, 7) is 15.7. The van der Waals surface area contributed by atoms with E-state index in [9.17, 15) is 20.4 Å². The van der Waals surface area contributed by atoms with Crippen molar-refractivity contribution in [2.24, 2.45) is 5.41 Å². The number of para-hydroxylation sites is 2. The van der Waals surface area contributed by atoms with Crippen LogP contribution in [0.15, 0.2) is 72.8 Å². The molecule has 0 spiro atoms. The van der Waals surface area contributed by atoms with Gasteiger partial charge >= 0.3 is 25.8 Å². The van der Waals surface area contributed by atoms with Crippen molar-refractivity contribution < 1.29 is 57.9 Å². The van der Waals surface area contributed by atoms with Crippen molar-refractivity contribution in [2.45, 2.75) is 85.2 Å². The Kier molecular flexibility index (Phi) is 21.3. The first-order valence-electron chi connectivity index (χ1n) is 16.4. The highest BCUT2D eigenvalue weighted by molar-refractivity contribution is 7.53. The molecular formula is C36H57O12P3. The van der Waals surface area contributed by atoms with Crippen LogP contribution in [0.3, 0.4) is 0 Å². The molecule has 0 heterocycles. The Hall–Kier alpha value is -1.85. The number of unbranched alkanes of at least 4 members (excludes halogenated alkanes) is 1. The molecule has 8 N–H and O–H groups in total. The number of aliphatic hydroxyl groups is 4. The minimum atomic E-state index is -2.61. The van der Waals surface area contributed by atoms with Crippen LogP contribution in [0.4, 0.5) is 0 Å². The lowest BCUT2D eigenvalue weighted by atomic mass is 9.69. The topological polar surface area (TPSA) is 199 Å². The van der Waals surface area contributed by atoms with Crippen molar-refractivity contribution in [3.8, 4) is 11.5 Å². The van der Waals surface area contributed by atoms with E-state index in [1.807, 2.05) is 79.7 Å². The van der Waals surface area contributed by atoms with Gasteiger partial charge in [0.1, 0.15) is 11.5 Å². The van der Waals surface area contributed by atoms with E-state index in [1.54, 1.807) is 0 Å². The lowest BCUT2D eigenvalue weighted by Gasteiger charge is -2.39. The molecule has 3 rings (SSSR count). The van der Waals surface area contributed by atoms with Crippen LogP contribution < -0.4 is 9.05 Å². The van der Waals surface area contributed by atoms with Crippen LogP contribution in [-0.2, 0) is 19.7 Å². The number of benzene rings is 3. The Morgan fingerprint density at radius 1 is 0.667 bits per heavy atom. The number of hydrogen-bond donors (Lipinski definition) is 8. The maximum Gasteiger partial charge on any atom is 0.463 e. The average molecular weight is 775 g/mol. The van der Waals surface area contributed by atoms with Gasteiger partial charge in [0.2, 0.25) is 0 Å². The first-order chi connectivity index (χ1) is 23.8. The fraction of sp³-hybridized carbons (Fsp3) is 0.500. The van der Waals surface area contributed by atoms with Gasteiger partial charge in [-0.05, 0) is 65.1 Å². The first-order valence-corrected chi connectivity index (χ1v) is 19.9. The van der Waals surface area contributed by atoms with E-state index in [1.165, 1.54) is 0 Å². The molecule has 0 fully saturated rings. The molecule has 12 nitrogen and oxygen atoms in total. The van der Waals surface area contributed by atoms with Crippen molar-refractivity contribution in [2.75, 3.05) is 26.4 Å². The molecule has 0 radical (unpaired) electrons. The molecule has 3 aromatic carbocycles. The molecule has 0 saturated carbocycles. The number of aliphatic hydroxyl groups excluding tert-OH is 4. The predicted octanol–water partition coefficient (Wildman–Crippen LogP) is 7.20. The summed E-state index contributed by atoms with van der Waals surface area (Å²) >= 11 is 0. The van der Waals surface area contributed by atoms with Crippen LogP contribution in [0, 0.1) is 12.3 Å². The SMILES string of the molecule is CCCCOP(Oc1ccccc1)Oc1ccccc1.Cc1cc(C(C)(C)C)c(C(O)C(CO)(CO)CO)c(C(C)(C)C)c1.OP(O)OP(O)O. The van der Waals surface area contributed by atoms with Crippen molar-refractivity contribution in [1.29, 1.82) is 0 Å². The van der Waals surface area contributed by atoms with E-state index in [4.69, 9.17) is 33.1 Å². The van der Waals surface area contributed by atoms with Gasteiger partial charge in [0.25, 0.3) is 0 Å². The average Bonchev–Trinajstić information content (AvgIpc) is 3.05. The molecule has 0 bridgehead atoms. The molecule has 1 atom stereocenters. The fourth-order valence-corrected chi connectivity index (χ4v) is 6.13. The molecule has 15 heteroatoms. The van der Waals surface area contributed by atoms with Crippen molar-refractivity contribution in [1.82, 2.24) is 0 Å². The van der Waals surface area contributed by atoms with Gasteiger partial charge in [-0.3, -0.25) is 4.52 Å². The Labute approximate surface area is 306 Å². The van der Waals surface area contributed by atoms with Gasteiger partial charge in [-0.15, -0.1) is 0 Å². The Morgan fingerprint density at radius 2 is 1.06 bits per heavy atom. The van der Waals surface area contributed by atoms with Crippen LogP contribution >= 0.6 is 25.8 Å². The van der Waals surface area contributed by atoms with E-state index in [-0.39, 0.29) is 10.8 Å². The molecule has 51 heavy (non-hydrogen) atoms. The summed E-state index contributed by atoms with van der Waals surface area (Å²) in [5, 5.41) is 40.4. The zero-order chi connectivity index (χ0) is 38.8. The van der Waals surface area contributed by atoms with Gasteiger partial charge in [0, 0.05) is 0 Å². The standard InChI is InChI=1S/C20H34O4.C16H19O3P.H4O5P2/c1-13-8-14(18(2,3)4)16(15(9-13)19(5,6)7)17(24)20(10-21,11-22)12-23;1-2-3-14-17-20(18-15-10-6-4-7-11-15)19-16-12-8-5-9-13-16;1-6(2)5-7(3)4/h8-9,17,21-24H,10-12H2,1-7H3;4-13H,2-3,14H2,1H3;1-4H. The van der Waals surface area contributed by atoms with E-state index < -0.39 is 57.1 Å². The summed E-state index contributed by atoms with van der Waals surface area (Å²) < 4.78 is 20.9. The molecule has 0 aliphatic rings. The molecule has 1 unspecified atom stereocenters. The van der Waals surface area contributed by atoms with Gasteiger partial charge in [-0.2, -0.15) is 0 Å². The highest BCUT2D eigenvalue weighted by Crippen LogP contribution is 2.45. The molecule has 3 aromatic rings. The molecule has 288 valence electrons. The molecule has 0 saturated heterocycles. The summed E-state index contributed by atoms with van der Waals surface area (Å²) in [5.41, 5.74) is 1.92. The third-order valence-electron chi connectivity index (χ3n) is 7.43.